The van der Waals surface area contributed by atoms with Crippen LogP contribution >= 0.6 is 0 Å². The van der Waals surface area contributed by atoms with E-state index in [1.807, 2.05) is 34.6 Å². The SMILES string of the molecule is Cc1cnc(C(C)N2CCC(=O)NC(C(C)(C)C)C2=O)o1. The van der Waals surface area contributed by atoms with Crippen molar-refractivity contribution in [2.75, 3.05) is 6.54 Å². The number of amides is 2. The fourth-order valence-electron chi connectivity index (χ4n) is 2.46. The van der Waals surface area contributed by atoms with Gasteiger partial charge in [-0.1, -0.05) is 20.8 Å². The molecule has 1 N–H and O–H groups in total. The molecule has 0 saturated carbocycles. The minimum atomic E-state index is -0.536. The Kier molecular flexibility index (Phi) is 4.07. The highest BCUT2D eigenvalue weighted by atomic mass is 16.4. The summed E-state index contributed by atoms with van der Waals surface area (Å²) in [4.78, 5) is 30.5. The van der Waals surface area contributed by atoms with E-state index in [0.717, 1.165) is 0 Å². The van der Waals surface area contributed by atoms with Gasteiger partial charge in [0.15, 0.2) is 0 Å². The minimum Gasteiger partial charge on any atom is -0.444 e. The van der Waals surface area contributed by atoms with Crippen LogP contribution in [-0.4, -0.2) is 34.3 Å². The number of nitrogens with zero attached hydrogens (tertiary/aromatic N) is 2. The van der Waals surface area contributed by atoms with Gasteiger partial charge in [-0.2, -0.15) is 0 Å². The van der Waals surface area contributed by atoms with E-state index < -0.39 is 6.04 Å². The lowest BCUT2D eigenvalue weighted by molar-refractivity contribution is -0.138. The van der Waals surface area contributed by atoms with Crippen molar-refractivity contribution >= 4 is 11.8 Å². The summed E-state index contributed by atoms with van der Waals surface area (Å²) < 4.78 is 5.53. The molecule has 0 radical (unpaired) electrons. The van der Waals surface area contributed by atoms with Crippen LogP contribution in [0.1, 0.15) is 51.8 Å². The molecule has 2 unspecified atom stereocenters. The van der Waals surface area contributed by atoms with E-state index in [0.29, 0.717) is 24.6 Å². The summed E-state index contributed by atoms with van der Waals surface area (Å²) in [6, 6.07) is -0.824. The number of hydrogen-bond acceptors (Lipinski definition) is 4. The van der Waals surface area contributed by atoms with Crippen LogP contribution in [0, 0.1) is 12.3 Å². The van der Waals surface area contributed by atoms with Crippen molar-refractivity contribution in [1.29, 1.82) is 0 Å². The van der Waals surface area contributed by atoms with Gasteiger partial charge in [0, 0.05) is 13.0 Å². The maximum Gasteiger partial charge on any atom is 0.246 e. The number of aromatic nitrogens is 1. The van der Waals surface area contributed by atoms with Crippen molar-refractivity contribution in [3.63, 3.8) is 0 Å². The van der Waals surface area contributed by atoms with E-state index in [1.165, 1.54) is 0 Å². The average molecular weight is 293 g/mol. The summed E-state index contributed by atoms with van der Waals surface area (Å²) in [7, 11) is 0. The van der Waals surface area contributed by atoms with E-state index in [4.69, 9.17) is 4.42 Å². The lowest BCUT2D eigenvalue weighted by Gasteiger charge is -2.34. The summed E-state index contributed by atoms with van der Waals surface area (Å²) >= 11 is 0. The summed E-state index contributed by atoms with van der Waals surface area (Å²) in [6.45, 7) is 9.90. The van der Waals surface area contributed by atoms with Crippen molar-refractivity contribution in [3.05, 3.63) is 17.8 Å². The number of carbonyl (C=O) groups is 2. The van der Waals surface area contributed by atoms with Crippen molar-refractivity contribution < 1.29 is 14.0 Å². The highest BCUT2D eigenvalue weighted by Gasteiger charge is 2.40. The number of rotatable bonds is 2. The zero-order valence-corrected chi connectivity index (χ0v) is 13.3. The van der Waals surface area contributed by atoms with Crippen LogP contribution < -0.4 is 5.32 Å². The molecule has 0 aromatic carbocycles. The molecule has 6 heteroatoms. The van der Waals surface area contributed by atoms with Gasteiger partial charge in [0.1, 0.15) is 17.8 Å². The third-order valence-corrected chi connectivity index (χ3v) is 3.75. The monoisotopic (exact) mass is 293 g/mol. The van der Waals surface area contributed by atoms with Crippen LogP contribution in [0.25, 0.3) is 0 Å². The van der Waals surface area contributed by atoms with Crippen molar-refractivity contribution in [3.8, 4) is 0 Å². The summed E-state index contributed by atoms with van der Waals surface area (Å²) in [5.74, 6) is 1.03. The lowest BCUT2D eigenvalue weighted by atomic mass is 9.85. The van der Waals surface area contributed by atoms with Gasteiger partial charge in [0.05, 0.1) is 6.20 Å². The van der Waals surface area contributed by atoms with Crippen LogP contribution in [0.2, 0.25) is 0 Å². The van der Waals surface area contributed by atoms with E-state index in [1.54, 1.807) is 11.1 Å². The molecule has 1 saturated heterocycles. The highest BCUT2D eigenvalue weighted by molar-refractivity contribution is 5.90. The van der Waals surface area contributed by atoms with E-state index >= 15 is 0 Å². The maximum atomic E-state index is 12.8. The Labute approximate surface area is 124 Å². The number of hydrogen-bond donors (Lipinski definition) is 1. The predicted molar refractivity (Wildman–Crippen MR) is 77.4 cm³/mol. The summed E-state index contributed by atoms with van der Waals surface area (Å²) in [6.07, 6.45) is 1.93. The average Bonchev–Trinajstić information content (AvgIpc) is 2.74. The molecule has 1 aromatic rings. The Hall–Kier alpha value is -1.85. The smallest absolute Gasteiger partial charge is 0.246 e. The molecule has 2 amide bonds. The molecule has 21 heavy (non-hydrogen) atoms. The zero-order chi connectivity index (χ0) is 15.8. The van der Waals surface area contributed by atoms with Crippen molar-refractivity contribution in [1.82, 2.24) is 15.2 Å². The molecule has 2 heterocycles. The van der Waals surface area contributed by atoms with Gasteiger partial charge in [0.2, 0.25) is 17.7 Å². The van der Waals surface area contributed by atoms with Gasteiger partial charge in [-0.3, -0.25) is 9.59 Å². The standard InChI is InChI=1S/C15H23N3O3/c1-9-8-16-13(21-9)10(2)18-7-6-11(19)17-12(14(18)20)15(3,4)5/h8,10,12H,6-7H2,1-5H3,(H,17,19). The first-order valence-corrected chi connectivity index (χ1v) is 7.22. The third kappa shape index (κ3) is 3.25. The first kappa shape index (κ1) is 15.5. The fourth-order valence-corrected chi connectivity index (χ4v) is 2.46. The Morgan fingerprint density at radius 2 is 2.10 bits per heavy atom. The summed E-state index contributed by atoms with van der Waals surface area (Å²) in [5.41, 5.74) is -0.346. The molecule has 6 nitrogen and oxygen atoms in total. The van der Waals surface area contributed by atoms with E-state index in [2.05, 4.69) is 10.3 Å². The van der Waals surface area contributed by atoms with Crippen LogP contribution in [0.4, 0.5) is 0 Å². The molecule has 116 valence electrons. The Bertz CT molecular complexity index is 545. The van der Waals surface area contributed by atoms with E-state index in [9.17, 15) is 9.59 Å². The second-order valence-electron chi connectivity index (χ2n) is 6.63. The Morgan fingerprint density at radius 3 is 2.62 bits per heavy atom. The maximum absolute atomic E-state index is 12.8. The Morgan fingerprint density at radius 1 is 1.43 bits per heavy atom. The number of nitrogens with one attached hydrogen (secondary N) is 1. The second kappa shape index (κ2) is 5.50. The van der Waals surface area contributed by atoms with Crippen LogP contribution in [0.15, 0.2) is 10.6 Å². The van der Waals surface area contributed by atoms with Gasteiger partial charge in [0.25, 0.3) is 0 Å². The van der Waals surface area contributed by atoms with E-state index in [-0.39, 0.29) is 23.3 Å². The molecule has 2 rings (SSSR count). The number of carbonyl (C=O) groups excluding carboxylic acids is 2. The first-order chi connectivity index (χ1) is 9.70. The zero-order valence-electron chi connectivity index (χ0n) is 13.3. The van der Waals surface area contributed by atoms with Crippen LogP contribution in [0.3, 0.4) is 0 Å². The molecule has 1 aliphatic heterocycles. The van der Waals surface area contributed by atoms with Gasteiger partial charge < -0.3 is 14.6 Å². The fraction of sp³-hybridized carbons (Fsp3) is 0.667. The minimum absolute atomic E-state index is 0.0864. The van der Waals surface area contributed by atoms with Gasteiger partial charge >= 0.3 is 0 Å². The molecule has 0 bridgehead atoms. The highest BCUT2D eigenvalue weighted by Crippen LogP contribution is 2.28. The first-order valence-electron chi connectivity index (χ1n) is 7.22. The molecular weight excluding hydrogens is 270 g/mol. The largest absolute Gasteiger partial charge is 0.444 e. The van der Waals surface area contributed by atoms with Crippen molar-refractivity contribution in [2.45, 2.75) is 53.1 Å². The molecule has 1 aromatic heterocycles. The van der Waals surface area contributed by atoms with Crippen LogP contribution in [-0.2, 0) is 9.59 Å². The molecule has 2 atom stereocenters. The molecule has 1 fully saturated rings. The third-order valence-electron chi connectivity index (χ3n) is 3.75. The summed E-state index contributed by atoms with van der Waals surface area (Å²) in [5, 5.41) is 2.83. The van der Waals surface area contributed by atoms with Crippen molar-refractivity contribution in [2.24, 2.45) is 5.41 Å². The molecule has 0 aliphatic carbocycles. The predicted octanol–water partition coefficient (Wildman–Crippen LogP) is 1.81. The molecule has 1 aliphatic rings. The Balaban J connectivity index is 2.29. The lowest BCUT2D eigenvalue weighted by Crippen LogP contribution is -2.52. The quantitative estimate of drug-likeness (QED) is 0.902. The van der Waals surface area contributed by atoms with Gasteiger partial charge in [-0.05, 0) is 19.3 Å². The van der Waals surface area contributed by atoms with Gasteiger partial charge in [-0.15, -0.1) is 0 Å². The topological polar surface area (TPSA) is 75.4 Å². The molecular formula is C15H23N3O3. The van der Waals surface area contributed by atoms with Crippen LogP contribution in [0.5, 0.6) is 0 Å². The second-order valence-corrected chi connectivity index (χ2v) is 6.63. The number of oxazole rings is 1. The number of aryl methyl sites for hydroxylation is 1. The van der Waals surface area contributed by atoms with Gasteiger partial charge in [-0.25, -0.2) is 4.98 Å². The normalized spacial score (nSPS) is 22.0. The molecule has 0 spiro atoms.